The van der Waals surface area contributed by atoms with E-state index in [1.807, 2.05) is 0 Å². The third-order valence-electron chi connectivity index (χ3n) is 2.43. The summed E-state index contributed by atoms with van der Waals surface area (Å²) in [5.41, 5.74) is 0.678. The lowest BCUT2D eigenvalue weighted by atomic mass is 10.0. The maximum absolute atomic E-state index is 11.3. The molecule has 1 saturated heterocycles. The third-order valence-corrected chi connectivity index (χ3v) is 2.65. The summed E-state index contributed by atoms with van der Waals surface area (Å²) in [5.74, 6) is -0.190. The average molecular weight is 251 g/mol. The first-order chi connectivity index (χ1) is 8.06. The van der Waals surface area contributed by atoms with E-state index in [0.29, 0.717) is 5.56 Å². The van der Waals surface area contributed by atoms with Crippen molar-refractivity contribution in [3.05, 3.63) is 39.9 Å². The number of thiocarbonyl (C=S) groups is 1. The van der Waals surface area contributed by atoms with Crippen molar-refractivity contribution in [3.8, 4) is 0 Å². The van der Waals surface area contributed by atoms with Crippen LogP contribution in [0.3, 0.4) is 0 Å². The van der Waals surface area contributed by atoms with Crippen LogP contribution in [0.2, 0.25) is 0 Å². The molecule has 0 bridgehead atoms. The Labute approximate surface area is 102 Å². The molecule has 2 N–H and O–H groups in total. The van der Waals surface area contributed by atoms with E-state index in [1.165, 1.54) is 12.1 Å². The number of amides is 1. The third kappa shape index (κ3) is 2.56. The van der Waals surface area contributed by atoms with E-state index in [9.17, 15) is 14.9 Å². The Morgan fingerprint density at radius 3 is 2.88 bits per heavy atom. The van der Waals surface area contributed by atoms with E-state index in [0.717, 1.165) is 0 Å². The number of hydrogen-bond acceptors (Lipinski definition) is 4. The first kappa shape index (κ1) is 11.5. The molecule has 1 aliphatic rings. The summed E-state index contributed by atoms with van der Waals surface area (Å²) in [7, 11) is 0. The summed E-state index contributed by atoms with van der Waals surface area (Å²) in [4.78, 5) is 21.5. The second-order valence-corrected chi connectivity index (χ2v) is 4.04. The maximum atomic E-state index is 11.3. The van der Waals surface area contributed by atoms with Gasteiger partial charge in [0, 0.05) is 12.1 Å². The Morgan fingerprint density at radius 1 is 1.47 bits per heavy atom. The molecule has 0 aromatic heterocycles. The lowest BCUT2D eigenvalue weighted by Crippen LogP contribution is -2.47. The fourth-order valence-corrected chi connectivity index (χ4v) is 1.92. The lowest BCUT2D eigenvalue weighted by Gasteiger charge is -2.25. The molecule has 1 atom stereocenters. The van der Waals surface area contributed by atoms with Crippen molar-refractivity contribution < 1.29 is 9.72 Å². The number of carbonyl (C=O) groups is 1. The molecule has 1 aromatic rings. The van der Waals surface area contributed by atoms with Gasteiger partial charge >= 0.3 is 0 Å². The minimum atomic E-state index is -0.468. The van der Waals surface area contributed by atoms with Gasteiger partial charge in [0.05, 0.1) is 17.4 Å². The van der Waals surface area contributed by atoms with Gasteiger partial charge in [0.2, 0.25) is 5.91 Å². The van der Waals surface area contributed by atoms with Crippen LogP contribution in [0.15, 0.2) is 24.3 Å². The molecule has 1 amide bonds. The summed E-state index contributed by atoms with van der Waals surface area (Å²) in [5, 5.41) is 16.3. The zero-order chi connectivity index (χ0) is 12.4. The summed E-state index contributed by atoms with van der Waals surface area (Å²) in [6.45, 7) is 0. The van der Waals surface area contributed by atoms with E-state index in [4.69, 9.17) is 12.2 Å². The maximum Gasteiger partial charge on any atom is 0.269 e. The van der Waals surface area contributed by atoms with Gasteiger partial charge in [-0.25, -0.2) is 0 Å². The molecule has 17 heavy (non-hydrogen) atoms. The predicted molar refractivity (Wildman–Crippen MR) is 64.3 cm³/mol. The van der Waals surface area contributed by atoms with Crippen LogP contribution in [-0.4, -0.2) is 15.9 Å². The van der Waals surface area contributed by atoms with Crippen molar-refractivity contribution in [3.63, 3.8) is 0 Å². The summed E-state index contributed by atoms with van der Waals surface area (Å²) >= 11 is 4.87. The van der Waals surface area contributed by atoms with Crippen molar-refractivity contribution in [2.75, 3.05) is 0 Å². The van der Waals surface area contributed by atoms with E-state index in [-0.39, 0.29) is 29.2 Å². The van der Waals surface area contributed by atoms with Crippen LogP contribution in [0.4, 0.5) is 5.69 Å². The molecule has 7 heteroatoms. The highest BCUT2D eigenvalue weighted by Gasteiger charge is 2.23. The SMILES string of the molecule is O=C1CC(c2cccc([N+](=O)[O-])c2)NC(=S)N1. The molecular formula is C10H9N3O3S. The summed E-state index contributed by atoms with van der Waals surface area (Å²) < 4.78 is 0. The summed E-state index contributed by atoms with van der Waals surface area (Å²) in [6.07, 6.45) is 0.210. The molecule has 1 heterocycles. The van der Waals surface area contributed by atoms with E-state index >= 15 is 0 Å². The van der Waals surface area contributed by atoms with Gasteiger partial charge in [0.15, 0.2) is 5.11 Å². The van der Waals surface area contributed by atoms with Crippen molar-refractivity contribution in [1.29, 1.82) is 0 Å². The van der Waals surface area contributed by atoms with Crippen LogP contribution in [0.1, 0.15) is 18.0 Å². The number of nitro benzene ring substituents is 1. The van der Waals surface area contributed by atoms with E-state index < -0.39 is 4.92 Å². The molecule has 1 aromatic carbocycles. The van der Waals surface area contributed by atoms with E-state index in [1.54, 1.807) is 12.1 Å². The standard InChI is InChI=1S/C10H9N3O3S/c14-9-5-8(11-10(17)12-9)6-2-1-3-7(4-6)13(15)16/h1-4,8H,5H2,(H2,11,12,14,17). The van der Waals surface area contributed by atoms with Crippen molar-refractivity contribution in [2.24, 2.45) is 0 Å². The molecule has 0 saturated carbocycles. The van der Waals surface area contributed by atoms with Crippen molar-refractivity contribution >= 4 is 28.9 Å². The molecule has 88 valence electrons. The number of hydrogen-bond donors (Lipinski definition) is 2. The van der Waals surface area contributed by atoms with Gasteiger partial charge in [-0.3, -0.25) is 14.9 Å². The molecule has 0 aliphatic carbocycles. The van der Waals surface area contributed by atoms with Crippen LogP contribution >= 0.6 is 12.2 Å². The van der Waals surface area contributed by atoms with Gasteiger partial charge < -0.3 is 10.6 Å². The average Bonchev–Trinajstić information content (AvgIpc) is 2.28. The number of nitro groups is 1. The Kier molecular flexibility index (Phi) is 3.01. The van der Waals surface area contributed by atoms with Gasteiger partial charge in [0.1, 0.15) is 0 Å². The zero-order valence-corrected chi connectivity index (χ0v) is 9.49. The second kappa shape index (κ2) is 4.46. The predicted octanol–water partition coefficient (Wildman–Crippen LogP) is 1.03. The molecule has 0 spiro atoms. The van der Waals surface area contributed by atoms with Crippen LogP contribution in [0, 0.1) is 10.1 Å². The molecule has 2 rings (SSSR count). The second-order valence-electron chi connectivity index (χ2n) is 3.63. The highest BCUT2D eigenvalue weighted by Crippen LogP contribution is 2.23. The lowest BCUT2D eigenvalue weighted by molar-refractivity contribution is -0.384. The molecule has 6 nitrogen and oxygen atoms in total. The number of nitrogens with zero attached hydrogens (tertiary/aromatic N) is 1. The van der Waals surface area contributed by atoms with Gasteiger partial charge in [0.25, 0.3) is 5.69 Å². The molecule has 1 aliphatic heterocycles. The Bertz CT molecular complexity index is 487. The Balaban J connectivity index is 2.27. The van der Waals surface area contributed by atoms with Crippen LogP contribution in [0.5, 0.6) is 0 Å². The van der Waals surface area contributed by atoms with Gasteiger partial charge in [-0.1, -0.05) is 12.1 Å². The van der Waals surface area contributed by atoms with Gasteiger partial charge in [-0.2, -0.15) is 0 Å². The zero-order valence-electron chi connectivity index (χ0n) is 8.67. The minimum Gasteiger partial charge on any atom is -0.355 e. The Hall–Kier alpha value is -2.02. The van der Waals surface area contributed by atoms with Crippen LogP contribution in [-0.2, 0) is 4.79 Å². The van der Waals surface area contributed by atoms with Crippen molar-refractivity contribution in [2.45, 2.75) is 12.5 Å². The van der Waals surface area contributed by atoms with Crippen LogP contribution in [0.25, 0.3) is 0 Å². The fraction of sp³-hybridized carbons (Fsp3) is 0.200. The smallest absolute Gasteiger partial charge is 0.269 e. The summed E-state index contributed by atoms with van der Waals surface area (Å²) in [6, 6.07) is 5.86. The van der Waals surface area contributed by atoms with Gasteiger partial charge in [-0.15, -0.1) is 0 Å². The van der Waals surface area contributed by atoms with Gasteiger partial charge in [-0.05, 0) is 17.8 Å². The Morgan fingerprint density at radius 2 is 2.24 bits per heavy atom. The minimum absolute atomic E-state index is 0.00111. The number of nitrogens with one attached hydrogen (secondary N) is 2. The normalized spacial score (nSPS) is 19.4. The molecule has 1 unspecified atom stereocenters. The number of non-ortho nitro benzene ring substituents is 1. The largest absolute Gasteiger partial charge is 0.355 e. The highest BCUT2D eigenvalue weighted by molar-refractivity contribution is 7.80. The quantitative estimate of drug-likeness (QED) is 0.466. The van der Waals surface area contributed by atoms with Crippen molar-refractivity contribution in [1.82, 2.24) is 10.6 Å². The number of benzene rings is 1. The molecule has 0 radical (unpaired) electrons. The highest BCUT2D eigenvalue weighted by atomic mass is 32.1. The fourth-order valence-electron chi connectivity index (χ4n) is 1.66. The molecular weight excluding hydrogens is 242 g/mol. The number of carbonyl (C=O) groups excluding carboxylic acids is 1. The number of rotatable bonds is 2. The monoisotopic (exact) mass is 251 g/mol. The van der Waals surface area contributed by atoms with Crippen LogP contribution < -0.4 is 10.6 Å². The first-order valence-electron chi connectivity index (χ1n) is 4.91. The first-order valence-corrected chi connectivity index (χ1v) is 5.32. The molecule has 1 fully saturated rings. The van der Waals surface area contributed by atoms with E-state index in [2.05, 4.69) is 10.6 Å². The topological polar surface area (TPSA) is 84.3 Å².